The number of aliphatic hydroxyl groups excluding tert-OH is 1. The van der Waals surface area contributed by atoms with Crippen molar-refractivity contribution in [3.05, 3.63) is 0 Å². The Bertz CT molecular complexity index is 136. The van der Waals surface area contributed by atoms with E-state index in [1.54, 1.807) is 20.8 Å². The van der Waals surface area contributed by atoms with Gasteiger partial charge in [-0.15, -0.1) is 0 Å². The SMILES string of the molecule is CC(CO)OC(C)CC(C)(C)OO. The van der Waals surface area contributed by atoms with Crippen LogP contribution in [-0.2, 0) is 9.62 Å². The topological polar surface area (TPSA) is 58.9 Å². The van der Waals surface area contributed by atoms with Gasteiger partial charge in [0.05, 0.1) is 18.8 Å². The van der Waals surface area contributed by atoms with Crippen LogP contribution < -0.4 is 0 Å². The molecule has 0 heterocycles. The fraction of sp³-hybridized carbons (Fsp3) is 1.00. The summed E-state index contributed by atoms with van der Waals surface area (Å²) in [5.41, 5.74) is -0.603. The Morgan fingerprint density at radius 2 is 1.77 bits per heavy atom. The second kappa shape index (κ2) is 5.54. The van der Waals surface area contributed by atoms with Crippen LogP contribution in [0.2, 0.25) is 0 Å². The molecule has 0 saturated heterocycles. The third-order valence-corrected chi connectivity index (χ3v) is 1.75. The highest BCUT2D eigenvalue weighted by Crippen LogP contribution is 2.17. The lowest BCUT2D eigenvalue weighted by Crippen LogP contribution is -2.31. The molecule has 0 aromatic carbocycles. The first kappa shape index (κ1) is 12.8. The van der Waals surface area contributed by atoms with Gasteiger partial charge >= 0.3 is 0 Å². The van der Waals surface area contributed by atoms with Crippen molar-refractivity contribution in [1.29, 1.82) is 0 Å². The molecule has 4 heteroatoms. The summed E-state index contributed by atoms with van der Waals surface area (Å²) in [5, 5.41) is 17.3. The summed E-state index contributed by atoms with van der Waals surface area (Å²) >= 11 is 0. The molecule has 0 fully saturated rings. The normalized spacial score (nSPS) is 17.1. The highest BCUT2D eigenvalue weighted by atomic mass is 17.1. The number of hydrogen-bond donors (Lipinski definition) is 2. The first-order chi connectivity index (χ1) is 5.91. The van der Waals surface area contributed by atoms with E-state index in [0.29, 0.717) is 6.42 Å². The minimum absolute atomic E-state index is 0.00471. The Balaban J connectivity index is 3.79. The van der Waals surface area contributed by atoms with Crippen molar-refractivity contribution in [2.24, 2.45) is 0 Å². The first-order valence-corrected chi connectivity index (χ1v) is 4.50. The Kier molecular flexibility index (Phi) is 5.48. The predicted octanol–water partition coefficient (Wildman–Crippen LogP) is 1.43. The molecule has 80 valence electrons. The van der Waals surface area contributed by atoms with E-state index < -0.39 is 5.60 Å². The van der Waals surface area contributed by atoms with Crippen molar-refractivity contribution in [3.8, 4) is 0 Å². The largest absolute Gasteiger partial charge is 0.394 e. The zero-order chi connectivity index (χ0) is 10.5. The van der Waals surface area contributed by atoms with Crippen LogP contribution in [-0.4, -0.2) is 34.8 Å². The van der Waals surface area contributed by atoms with Crippen LogP contribution in [0.4, 0.5) is 0 Å². The van der Waals surface area contributed by atoms with Gasteiger partial charge in [0.2, 0.25) is 0 Å². The molecule has 0 aliphatic carbocycles. The monoisotopic (exact) mass is 192 g/mol. The Hall–Kier alpha value is -0.160. The van der Waals surface area contributed by atoms with Crippen molar-refractivity contribution in [3.63, 3.8) is 0 Å². The van der Waals surface area contributed by atoms with Crippen LogP contribution >= 0.6 is 0 Å². The lowest BCUT2D eigenvalue weighted by Gasteiger charge is -2.26. The number of rotatable bonds is 6. The van der Waals surface area contributed by atoms with E-state index in [4.69, 9.17) is 15.1 Å². The van der Waals surface area contributed by atoms with Gasteiger partial charge in [-0.05, 0) is 27.7 Å². The van der Waals surface area contributed by atoms with Gasteiger partial charge < -0.3 is 9.84 Å². The minimum Gasteiger partial charge on any atom is -0.394 e. The molecule has 0 aliphatic rings. The van der Waals surface area contributed by atoms with Crippen LogP contribution in [0.1, 0.15) is 34.1 Å². The molecule has 0 spiro atoms. The van der Waals surface area contributed by atoms with Gasteiger partial charge in [-0.2, -0.15) is 0 Å². The summed E-state index contributed by atoms with van der Waals surface area (Å²) in [7, 11) is 0. The van der Waals surface area contributed by atoms with E-state index in [0.717, 1.165) is 0 Å². The zero-order valence-electron chi connectivity index (χ0n) is 8.78. The summed E-state index contributed by atoms with van der Waals surface area (Å²) in [6, 6.07) is 0. The average Bonchev–Trinajstić information content (AvgIpc) is 2.03. The highest BCUT2D eigenvalue weighted by molar-refractivity contribution is 4.71. The van der Waals surface area contributed by atoms with Crippen LogP contribution in [0.3, 0.4) is 0 Å². The van der Waals surface area contributed by atoms with E-state index in [1.807, 2.05) is 6.92 Å². The Morgan fingerprint density at radius 3 is 2.15 bits per heavy atom. The molecule has 2 N–H and O–H groups in total. The van der Waals surface area contributed by atoms with Gasteiger partial charge in [-0.3, -0.25) is 5.26 Å². The smallest absolute Gasteiger partial charge is 0.100 e. The number of aliphatic hydroxyl groups is 1. The molecule has 0 radical (unpaired) electrons. The minimum atomic E-state index is -0.603. The molecule has 2 atom stereocenters. The summed E-state index contributed by atoms with van der Waals surface area (Å²) in [6.07, 6.45) is 0.349. The van der Waals surface area contributed by atoms with Crippen LogP contribution in [0, 0.1) is 0 Å². The number of hydrogen-bond acceptors (Lipinski definition) is 4. The summed E-state index contributed by atoms with van der Waals surface area (Å²) in [4.78, 5) is 4.28. The third-order valence-electron chi connectivity index (χ3n) is 1.75. The lowest BCUT2D eigenvalue weighted by atomic mass is 10.0. The van der Waals surface area contributed by atoms with E-state index >= 15 is 0 Å². The van der Waals surface area contributed by atoms with Gasteiger partial charge in [0, 0.05) is 6.42 Å². The fourth-order valence-electron chi connectivity index (χ4n) is 1.22. The third kappa shape index (κ3) is 5.99. The summed E-state index contributed by atoms with van der Waals surface area (Å²) in [6.45, 7) is 7.23. The predicted molar refractivity (Wildman–Crippen MR) is 49.5 cm³/mol. The van der Waals surface area contributed by atoms with Gasteiger partial charge in [0.1, 0.15) is 5.60 Å². The van der Waals surface area contributed by atoms with E-state index in [-0.39, 0.29) is 18.8 Å². The molecule has 13 heavy (non-hydrogen) atoms. The molecular weight excluding hydrogens is 172 g/mol. The molecule has 0 rings (SSSR count). The van der Waals surface area contributed by atoms with Crippen molar-refractivity contribution >= 4 is 0 Å². The zero-order valence-corrected chi connectivity index (χ0v) is 8.78. The quantitative estimate of drug-likeness (QED) is 0.493. The van der Waals surface area contributed by atoms with Crippen molar-refractivity contribution in [2.75, 3.05) is 6.61 Å². The lowest BCUT2D eigenvalue weighted by molar-refractivity contribution is -0.318. The standard InChI is InChI=1S/C9H20O4/c1-7(12-8(2)6-10)5-9(3,4)13-11/h7-8,10-11H,5-6H2,1-4H3. The molecule has 0 amide bonds. The van der Waals surface area contributed by atoms with Crippen LogP contribution in [0.5, 0.6) is 0 Å². The molecule has 0 aliphatic heterocycles. The summed E-state index contributed by atoms with van der Waals surface area (Å²) < 4.78 is 5.40. The second-order valence-corrected chi connectivity index (χ2v) is 3.99. The van der Waals surface area contributed by atoms with Gasteiger partial charge in [-0.1, -0.05) is 0 Å². The maximum Gasteiger partial charge on any atom is 0.100 e. The summed E-state index contributed by atoms with van der Waals surface area (Å²) in [5.74, 6) is 0. The average molecular weight is 192 g/mol. The van der Waals surface area contributed by atoms with Gasteiger partial charge in [0.25, 0.3) is 0 Å². The maximum absolute atomic E-state index is 8.73. The van der Waals surface area contributed by atoms with Crippen molar-refractivity contribution in [2.45, 2.75) is 51.9 Å². The molecule has 4 nitrogen and oxygen atoms in total. The van der Waals surface area contributed by atoms with Gasteiger partial charge in [-0.25, -0.2) is 4.89 Å². The van der Waals surface area contributed by atoms with Crippen LogP contribution in [0.15, 0.2) is 0 Å². The van der Waals surface area contributed by atoms with Crippen molar-refractivity contribution < 1.29 is 20.0 Å². The number of ether oxygens (including phenoxy) is 1. The Labute approximate surface area is 79.4 Å². The van der Waals surface area contributed by atoms with Crippen LogP contribution in [0.25, 0.3) is 0 Å². The molecule has 2 unspecified atom stereocenters. The van der Waals surface area contributed by atoms with E-state index in [1.165, 1.54) is 0 Å². The second-order valence-electron chi connectivity index (χ2n) is 3.99. The maximum atomic E-state index is 8.73. The first-order valence-electron chi connectivity index (χ1n) is 4.50. The highest BCUT2D eigenvalue weighted by Gasteiger charge is 2.23. The molecule has 0 aromatic rings. The van der Waals surface area contributed by atoms with E-state index in [2.05, 4.69) is 4.89 Å². The van der Waals surface area contributed by atoms with E-state index in [9.17, 15) is 0 Å². The van der Waals surface area contributed by atoms with Crippen molar-refractivity contribution in [1.82, 2.24) is 0 Å². The molecule has 0 aromatic heterocycles. The molecular formula is C9H20O4. The van der Waals surface area contributed by atoms with Gasteiger partial charge in [0.15, 0.2) is 0 Å². The Morgan fingerprint density at radius 1 is 1.23 bits per heavy atom. The fourth-order valence-corrected chi connectivity index (χ4v) is 1.22. The molecule has 0 bridgehead atoms. The molecule has 0 saturated carbocycles.